The van der Waals surface area contributed by atoms with Crippen molar-refractivity contribution in [1.29, 1.82) is 0 Å². The lowest BCUT2D eigenvalue weighted by Gasteiger charge is -2.18. The van der Waals surface area contributed by atoms with Crippen LogP contribution in [0.15, 0.2) is 35.4 Å². The van der Waals surface area contributed by atoms with Gasteiger partial charge in [0.2, 0.25) is 0 Å². The summed E-state index contributed by atoms with van der Waals surface area (Å²) in [6.45, 7) is 1.04. The lowest BCUT2D eigenvalue weighted by Crippen LogP contribution is -2.12. The topological polar surface area (TPSA) is 69.8 Å². The second-order valence-corrected chi connectivity index (χ2v) is 4.32. The summed E-state index contributed by atoms with van der Waals surface area (Å²) in [5, 5.41) is 6.50. The molecule has 0 radical (unpaired) electrons. The quantitative estimate of drug-likeness (QED) is 0.752. The average Bonchev–Trinajstić information content (AvgIpc) is 2.39. The summed E-state index contributed by atoms with van der Waals surface area (Å²) >= 11 is 0. The molecule has 3 rings (SSSR count). The lowest BCUT2D eigenvalue weighted by molar-refractivity contribution is 0.830. The van der Waals surface area contributed by atoms with E-state index < -0.39 is 0 Å². The Hall–Kier alpha value is -2.30. The maximum Gasteiger partial charge on any atom is 0.252 e. The molecule has 3 N–H and O–H groups in total. The largest absolute Gasteiger partial charge is 0.385 e. The van der Waals surface area contributed by atoms with Crippen LogP contribution in [0.3, 0.4) is 0 Å². The van der Waals surface area contributed by atoms with Gasteiger partial charge in [0.25, 0.3) is 5.56 Å². The minimum absolute atomic E-state index is 0.160. The summed E-state index contributed by atoms with van der Waals surface area (Å²) < 4.78 is 0. The predicted molar refractivity (Wildman–Crippen MR) is 71.4 cm³/mol. The summed E-state index contributed by atoms with van der Waals surface area (Å²) in [5.74, 6) is 0.558. The zero-order valence-corrected chi connectivity index (χ0v) is 9.86. The van der Waals surface area contributed by atoms with E-state index >= 15 is 0 Å². The van der Waals surface area contributed by atoms with Crippen molar-refractivity contribution >= 4 is 17.2 Å². The summed E-state index contributed by atoms with van der Waals surface area (Å²) in [6.07, 6.45) is 3.63. The second-order valence-electron chi connectivity index (χ2n) is 4.32. The highest BCUT2D eigenvalue weighted by molar-refractivity contribution is 5.64. The molecule has 2 heterocycles. The Bertz CT molecular complexity index is 620. The molecule has 0 atom stereocenters. The zero-order chi connectivity index (χ0) is 12.4. The van der Waals surface area contributed by atoms with Gasteiger partial charge in [-0.1, -0.05) is 0 Å². The van der Waals surface area contributed by atoms with Gasteiger partial charge in [-0.3, -0.25) is 4.79 Å². The van der Waals surface area contributed by atoms with Crippen LogP contribution in [0.1, 0.15) is 12.0 Å². The number of aromatic nitrogens is 2. The van der Waals surface area contributed by atoms with Crippen LogP contribution >= 0.6 is 0 Å². The molecule has 0 bridgehead atoms. The molecule has 1 aliphatic heterocycles. The van der Waals surface area contributed by atoms with Gasteiger partial charge in [-0.2, -0.15) is 0 Å². The maximum atomic E-state index is 11.2. The Balaban J connectivity index is 1.87. The van der Waals surface area contributed by atoms with E-state index in [0.717, 1.165) is 25.1 Å². The smallest absolute Gasteiger partial charge is 0.252 e. The van der Waals surface area contributed by atoms with Gasteiger partial charge in [0.05, 0.1) is 6.33 Å². The van der Waals surface area contributed by atoms with Crippen LogP contribution in [-0.2, 0) is 6.42 Å². The van der Waals surface area contributed by atoms with Crippen molar-refractivity contribution in [3.8, 4) is 0 Å². The first-order chi connectivity index (χ1) is 8.81. The zero-order valence-electron chi connectivity index (χ0n) is 9.86. The molecule has 0 fully saturated rings. The van der Waals surface area contributed by atoms with Crippen molar-refractivity contribution in [2.45, 2.75) is 12.8 Å². The minimum atomic E-state index is -0.160. The molecule has 0 aliphatic carbocycles. The number of aromatic amines is 1. The van der Waals surface area contributed by atoms with Crippen LogP contribution < -0.4 is 16.2 Å². The van der Waals surface area contributed by atoms with Gasteiger partial charge in [0.15, 0.2) is 0 Å². The molecule has 2 aromatic rings. The first-order valence-electron chi connectivity index (χ1n) is 6.00. The van der Waals surface area contributed by atoms with Crippen molar-refractivity contribution in [2.75, 3.05) is 17.2 Å². The third-order valence-corrected chi connectivity index (χ3v) is 2.99. The molecule has 1 aliphatic rings. The second kappa shape index (κ2) is 4.52. The van der Waals surface area contributed by atoms with E-state index in [0.29, 0.717) is 5.82 Å². The number of rotatable bonds is 2. The maximum absolute atomic E-state index is 11.2. The van der Waals surface area contributed by atoms with Crippen LogP contribution in [0.25, 0.3) is 0 Å². The van der Waals surface area contributed by atoms with Gasteiger partial charge in [0, 0.05) is 24.0 Å². The number of anilines is 3. The monoisotopic (exact) mass is 242 g/mol. The van der Waals surface area contributed by atoms with E-state index in [-0.39, 0.29) is 5.56 Å². The normalized spacial score (nSPS) is 13.6. The van der Waals surface area contributed by atoms with Crippen LogP contribution in [0.2, 0.25) is 0 Å². The number of aryl methyl sites for hydroxylation is 1. The van der Waals surface area contributed by atoms with E-state index in [1.54, 1.807) is 0 Å². The lowest BCUT2D eigenvalue weighted by atomic mass is 10.0. The van der Waals surface area contributed by atoms with E-state index in [1.807, 2.05) is 6.07 Å². The number of nitrogens with zero attached hydrogens (tertiary/aromatic N) is 1. The molecule has 92 valence electrons. The molecule has 0 amide bonds. The molecule has 5 nitrogen and oxygen atoms in total. The van der Waals surface area contributed by atoms with Crippen molar-refractivity contribution < 1.29 is 0 Å². The highest BCUT2D eigenvalue weighted by atomic mass is 16.1. The minimum Gasteiger partial charge on any atom is -0.385 e. The van der Waals surface area contributed by atoms with Crippen LogP contribution in [0, 0.1) is 0 Å². The summed E-state index contributed by atoms with van der Waals surface area (Å²) in [4.78, 5) is 17.7. The Morgan fingerprint density at radius 2 is 2.22 bits per heavy atom. The fourth-order valence-electron chi connectivity index (χ4n) is 2.14. The summed E-state index contributed by atoms with van der Waals surface area (Å²) in [6, 6.07) is 7.59. The fourth-order valence-corrected chi connectivity index (χ4v) is 2.14. The number of benzene rings is 1. The Morgan fingerprint density at radius 1 is 1.28 bits per heavy atom. The molecule has 5 heteroatoms. The van der Waals surface area contributed by atoms with Gasteiger partial charge in [0.1, 0.15) is 5.82 Å². The van der Waals surface area contributed by atoms with Gasteiger partial charge < -0.3 is 15.6 Å². The molecule has 0 unspecified atom stereocenters. The van der Waals surface area contributed by atoms with Crippen LogP contribution in [-0.4, -0.2) is 16.5 Å². The third kappa shape index (κ3) is 2.20. The van der Waals surface area contributed by atoms with E-state index in [1.165, 1.54) is 23.6 Å². The van der Waals surface area contributed by atoms with Gasteiger partial charge >= 0.3 is 0 Å². The first kappa shape index (κ1) is 10.8. The Labute approximate surface area is 104 Å². The molecule has 0 spiro atoms. The fraction of sp³-hybridized carbons (Fsp3) is 0.231. The first-order valence-corrected chi connectivity index (χ1v) is 6.00. The van der Waals surface area contributed by atoms with Gasteiger partial charge in [-0.05, 0) is 36.6 Å². The molecule has 0 saturated heterocycles. The van der Waals surface area contributed by atoms with Gasteiger partial charge in [-0.15, -0.1) is 0 Å². The predicted octanol–water partition coefficient (Wildman–Crippen LogP) is 1.87. The van der Waals surface area contributed by atoms with Crippen LogP contribution in [0.5, 0.6) is 0 Å². The Kier molecular flexibility index (Phi) is 2.72. The number of nitrogens with one attached hydrogen (secondary N) is 3. The highest BCUT2D eigenvalue weighted by Gasteiger charge is 2.08. The molecular weight excluding hydrogens is 228 g/mol. The van der Waals surface area contributed by atoms with E-state index in [9.17, 15) is 4.79 Å². The van der Waals surface area contributed by atoms with Crippen molar-refractivity contribution in [1.82, 2.24) is 9.97 Å². The number of H-pyrrole nitrogens is 1. The standard InChI is InChI=1S/C13H14N4O/c18-13-7-12(15-8-16-13)17-10-3-4-11-9(6-10)2-1-5-14-11/h3-4,6-8,14H,1-2,5H2,(H2,15,16,17,18). The average molecular weight is 242 g/mol. The van der Waals surface area contributed by atoms with Crippen molar-refractivity contribution in [3.63, 3.8) is 0 Å². The van der Waals surface area contributed by atoms with E-state index in [2.05, 4.69) is 32.7 Å². The third-order valence-electron chi connectivity index (χ3n) is 2.99. The molecule has 1 aromatic carbocycles. The molecule has 1 aromatic heterocycles. The number of fused-ring (bicyclic) bond motifs is 1. The van der Waals surface area contributed by atoms with E-state index in [4.69, 9.17) is 0 Å². The summed E-state index contributed by atoms with van der Waals surface area (Å²) in [7, 11) is 0. The summed E-state index contributed by atoms with van der Waals surface area (Å²) in [5.41, 5.74) is 3.30. The van der Waals surface area contributed by atoms with Crippen molar-refractivity contribution in [2.24, 2.45) is 0 Å². The SMILES string of the molecule is O=c1cc(Nc2ccc3c(c2)CCCN3)nc[nH]1. The van der Waals surface area contributed by atoms with Gasteiger partial charge in [-0.25, -0.2) is 4.98 Å². The van der Waals surface area contributed by atoms with Crippen LogP contribution in [0.4, 0.5) is 17.2 Å². The highest BCUT2D eigenvalue weighted by Crippen LogP contribution is 2.26. The Morgan fingerprint density at radius 3 is 3.11 bits per heavy atom. The van der Waals surface area contributed by atoms with Crippen molar-refractivity contribution in [3.05, 3.63) is 46.5 Å². The number of hydrogen-bond donors (Lipinski definition) is 3. The number of hydrogen-bond acceptors (Lipinski definition) is 4. The molecule has 0 saturated carbocycles. The molecule has 18 heavy (non-hydrogen) atoms. The molecular formula is C13H14N4O.